The Morgan fingerprint density at radius 3 is 1.21 bits per heavy atom. The van der Waals surface area contributed by atoms with Crippen molar-refractivity contribution in [2.75, 3.05) is 0 Å². The van der Waals surface area contributed by atoms with E-state index < -0.39 is 12.2 Å². The van der Waals surface area contributed by atoms with Gasteiger partial charge in [-0.3, -0.25) is 0 Å². The first-order valence-corrected chi connectivity index (χ1v) is 17.5. The second-order valence-electron chi connectivity index (χ2n) is 16.4. The summed E-state index contributed by atoms with van der Waals surface area (Å²) >= 11 is -2.28. The number of aromatic hydroxyl groups is 2. The number of halogens is 1. The van der Waals surface area contributed by atoms with Crippen LogP contribution >= 0.6 is 24.0 Å². The van der Waals surface area contributed by atoms with Crippen LogP contribution in [0.2, 0.25) is 0 Å². The molecule has 2 unspecified atom stereocenters. The normalized spacial score (nSPS) is 21.7. The molecule has 1 saturated carbocycles. The summed E-state index contributed by atoms with van der Waals surface area (Å²) in [5.41, 5.74) is 5.59. The average molecular weight is 735 g/mol. The molecule has 0 bridgehead atoms. The molecular weight excluding hydrogens is 678 g/mol. The Kier molecular flexibility index (Phi) is 10.1. The topological polar surface area (TPSA) is 64.5 Å². The van der Waals surface area contributed by atoms with E-state index in [2.05, 4.69) is 126 Å². The Hall–Kier alpha value is -1.06. The largest absolute Gasteiger partial charge is 0 e. The maximum atomic E-state index is 11.7. The number of benzene rings is 2. The Morgan fingerprint density at radius 2 is 0.929 bits per heavy atom. The number of hydrogen-bond acceptors (Lipinski definition) is 4. The van der Waals surface area contributed by atoms with E-state index >= 15 is 0 Å². The molecule has 0 spiro atoms. The molecule has 0 aromatic heterocycles. The molecular formula is C36H56CoIN2O2. The second kappa shape index (κ2) is 12.0. The van der Waals surface area contributed by atoms with Crippen LogP contribution in [0.4, 0.5) is 0 Å². The van der Waals surface area contributed by atoms with Gasteiger partial charge in [-0.2, -0.15) is 0 Å². The third-order valence-corrected chi connectivity index (χ3v) is 11.8. The molecule has 1 radical (unpaired) electrons. The van der Waals surface area contributed by atoms with Crippen molar-refractivity contribution in [3.63, 3.8) is 0 Å². The van der Waals surface area contributed by atoms with E-state index in [0.717, 1.165) is 35.1 Å². The molecule has 2 aromatic carbocycles. The molecule has 4 N–H and O–H groups in total. The molecule has 2 aliphatic rings. The van der Waals surface area contributed by atoms with Gasteiger partial charge in [-0.05, 0) is 0 Å². The molecule has 1 aliphatic heterocycles. The molecule has 0 amide bonds. The molecule has 2 aromatic rings. The summed E-state index contributed by atoms with van der Waals surface area (Å²) in [7, 11) is 0. The SMILES string of the molecule is CC(C)(C)c1cc([CH]=[Co]2(=[CH]c3cc(C(C)(C)C)cc(C(C)(C)C)c3O)[NH]C3CCCCC3[NH]2)c(O)c(C(C)(C)C)c1.[I]. The van der Waals surface area contributed by atoms with Crippen molar-refractivity contribution in [1.82, 2.24) is 8.73 Å². The number of rotatable bonds is 2. The average Bonchev–Trinajstić information content (AvgIpc) is 3.16. The minimum Gasteiger partial charge on any atom is 0 e. The zero-order chi connectivity index (χ0) is 30.8. The van der Waals surface area contributed by atoms with Crippen LogP contribution in [0.5, 0.6) is 11.5 Å². The molecule has 4 rings (SSSR count). The van der Waals surface area contributed by atoms with E-state index in [9.17, 15) is 10.2 Å². The Balaban J connectivity index is 0.00000484. The quantitative estimate of drug-likeness (QED) is 0.234. The first kappa shape index (κ1) is 35.4. The van der Waals surface area contributed by atoms with Crippen LogP contribution in [0.3, 0.4) is 0 Å². The van der Waals surface area contributed by atoms with Gasteiger partial charge >= 0.3 is 253 Å². The van der Waals surface area contributed by atoms with Gasteiger partial charge in [0.1, 0.15) is 0 Å². The summed E-state index contributed by atoms with van der Waals surface area (Å²) in [6.07, 6.45) is 4.74. The van der Waals surface area contributed by atoms with Crippen LogP contribution < -0.4 is 8.73 Å². The summed E-state index contributed by atoms with van der Waals surface area (Å²) in [6, 6.07) is 9.49. The molecule has 42 heavy (non-hydrogen) atoms. The fourth-order valence-electron chi connectivity index (χ4n) is 5.73. The van der Waals surface area contributed by atoms with Crippen molar-refractivity contribution in [1.29, 1.82) is 0 Å². The standard InChI is InChI=1S/2C15H22O.C6H12N2.Co.I/c2*1-10-8-11(14(2,3)4)9-12(13(10)16)15(5,6)7;7-5-3-1-2-4-6(5)8;;/h2*1,8-9,16H,2-7H3;5-8H,1-4H2;;/q;;-2;+2;. The number of fused-ring (bicyclic) bond motifs is 1. The first-order valence-electron chi connectivity index (χ1n) is 15.3. The summed E-state index contributed by atoms with van der Waals surface area (Å²) < 4.78 is 8.11. The third kappa shape index (κ3) is 7.59. The second-order valence-corrected chi connectivity index (χ2v) is 19.4. The summed E-state index contributed by atoms with van der Waals surface area (Å²) in [6.45, 7) is 26.4. The van der Waals surface area contributed by atoms with Gasteiger partial charge in [-0.15, -0.1) is 0 Å². The van der Waals surface area contributed by atoms with Gasteiger partial charge in [-0.25, -0.2) is 0 Å². The Labute approximate surface area is 275 Å². The van der Waals surface area contributed by atoms with Crippen LogP contribution in [0, 0.1) is 0 Å². The van der Waals surface area contributed by atoms with Crippen LogP contribution in [0.1, 0.15) is 142 Å². The number of hydrogen-bond donors (Lipinski definition) is 4. The summed E-state index contributed by atoms with van der Waals surface area (Å²) in [5.74, 6) is 0.721. The number of nitrogens with one attached hydrogen (secondary N) is 2. The summed E-state index contributed by atoms with van der Waals surface area (Å²) in [5, 5.41) is 23.5. The van der Waals surface area contributed by atoms with Gasteiger partial charge in [0, 0.05) is 24.0 Å². The smallest absolute Gasteiger partial charge is 0 e. The molecule has 6 heteroatoms. The molecule has 1 saturated heterocycles. The van der Waals surface area contributed by atoms with E-state index in [1.807, 2.05) is 0 Å². The van der Waals surface area contributed by atoms with Crippen LogP contribution in [0.25, 0.3) is 0 Å². The molecule has 238 valence electrons. The third-order valence-electron chi connectivity index (χ3n) is 8.47. The predicted octanol–water partition coefficient (Wildman–Crippen LogP) is 8.66. The zero-order valence-electron chi connectivity index (χ0n) is 28.1. The van der Waals surface area contributed by atoms with Crippen LogP contribution in [-0.2, 0) is 33.8 Å². The van der Waals surface area contributed by atoms with Gasteiger partial charge in [0.25, 0.3) is 0 Å². The van der Waals surface area contributed by atoms with Crippen LogP contribution in [-0.4, -0.2) is 32.2 Å². The van der Waals surface area contributed by atoms with E-state index in [1.165, 1.54) is 24.0 Å². The molecule has 1 heterocycles. The number of phenols is 2. The molecule has 4 nitrogen and oxygen atoms in total. The maximum absolute atomic E-state index is 11.7. The molecule has 2 atom stereocenters. The van der Waals surface area contributed by atoms with E-state index in [1.54, 1.807) is 0 Å². The van der Waals surface area contributed by atoms with E-state index in [4.69, 9.17) is 0 Å². The van der Waals surface area contributed by atoms with Crippen molar-refractivity contribution in [2.24, 2.45) is 0 Å². The van der Waals surface area contributed by atoms with Crippen molar-refractivity contribution in [2.45, 2.75) is 143 Å². The maximum Gasteiger partial charge on any atom is 0 e. The fourth-order valence-corrected chi connectivity index (χ4v) is 9.73. The van der Waals surface area contributed by atoms with E-state index in [-0.39, 0.29) is 45.6 Å². The predicted molar refractivity (Wildman–Crippen MR) is 188 cm³/mol. The first-order chi connectivity index (χ1) is 18.6. The number of phenolic OH excluding ortho intramolecular Hbond substituents is 2. The molecule has 2 fully saturated rings. The zero-order valence-corrected chi connectivity index (χ0v) is 31.3. The Morgan fingerprint density at radius 1 is 0.595 bits per heavy atom. The van der Waals surface area contributed by atoms with Gasteiger partial charge in [0.15, 0.2) is 0 Å². The molecule has 1 aliphatic carbocycles. The van der Waals surface area contributed by atoms with Crippen molar-refractivity contribution in [3.05, 3.63) is 57.6 Å². The fraction of sp³-hybridized carbons (Fsp3) is 0.611. The van der Waals surface area contributed by atoms with Crippen molar-refractivity contribution < 1.29 is 22.4 Å². The Bertz CT molecular complexity index is 1330. The minimum absolute atomic E-state index is 0. The van der Waals surface area contributed by atoms with Gasteiger partial charge in [-0.1, -0.05) is 0 Å². The van der Waals surface area contributed by atoms with Gasteiger partial charge in [0.05, 0.1) is 0 Å². The minimum atomic E-state index is -2.28. The monoisotopic (exact) mass is 734 g/mol. The van der Waals surface area contributed by atoms with Gasteiger partial charge in [0.2, 0.25) is 0 Å². The van der Waals surface area contributed by atoms with Crippen molar-refractivity contribution in [3.8, 4) is 11.5 Å². The van der Waals surface area contributed by atoms with Crippen molar-refractivity contribution >= 4 is 33.9 Å². The summed E-state index contributed by atoms with van der Waals surface area (Å²) in [4.78, 5) is 4.56. The van der Waals surface area contributed by atoms with Crippen LogP contribution in [0.15, 0.2) is 24.3 Å². The van der Waals surface area contributed by atoms with Gasteiger partial charge < -0.3 is 0 Å². The van der Waals surface area contributed by atoms with E-state index in [0.29, 0.717) is 23.6 Å².